The summed E-state index contributed by atoms with van der Waals surface area (Å²) in [7, 11) is 3.02. The van der Waals surface area contributed by atoms with E-state index in [0.717, 1.165) is 16.7 Å². The van der Waals surface area contributed by atoms with Gasteiger partial charge in [-0.1, -0.05) is 30.3 Å². The van der Waals surface area contributed by atoms with E-state index < -0.39 is 11.5 Å². The molecule has 9 nitrogen and oxygen atoms in total. The van der Waals surface area contributed by atoms with Gasteiger partial charge in [0.05, 0.1) is 19.8 Å². The Bertz CT molecular complexity index is 1720. The first kappa shape index (κ1) is 26.6. The summed E-state index contributed by atoms with van der Waals surface area (Å²) in [4.78, 5) is 21.4. The lowest BCUT2D eigenvalue weighted by Gasteiger charge is -2.20. The minimum absolute atomic E-state index is 0.0884. The minimum atomic E-state index is -0.584. The lowest BCUT2D eigenvalue weighted by atomic mass is 9.99. The highest BCUT2D eigenvalue weighted by Crippen LogP contribution is 2.38. The predicted octanol–water partition coefficient (Wildman–Crippen LogP) is 4.94. The van der Waals surface area contributed by atoms with Crippen LogP contribution >= 0.6 is 0 Å². The number of halogens is 1. The molecule has 0 radical (unpaired) electrons. The SMILES string of the molecule is CCn1ccc(-c2nc(=O)c(Cc3ccc(-c4ccnc(F)c4C)cc3)c(O)n2-c2c(OC)cccc2OC)n1. The molecule has 3 heterocycles. The van der Waals surface area contributed by atoms with Crippen LogP contribution in [0.25, 0.3) is 28.3 Å². The van der Waals surface area contributed by atoms with Gasteiger partial charge in [-0.25, -0.2) is 4.98 Å². The van der Waals surface area contributed by atoms with E-state index in [4.69, 9.17) is 9.47 Å². The fraction of sp³-hybridized carbons (Fsp3) is 0.200. The summed E-state index contributed by atoms with van der Waals surface area (Å²) in [6.45, 7) is 4.24. The number of ether oxygens (including phenoxy) is 2. The molecule has 0 bridgehead atoms. The Balaban J connectivity index is 1.65. The Morgan fingerprint density at radius 2 is 1.70 bits per heavy atom. The quantitative estimate of drug-likeness (QED) is 0.278. The van der Waals surface area contributed by atoms with E-state index in [9.17, 15) is 14.3 Å². The predicted molar refractivity (Wildman–Crippen MR) is 149 cm³/mol. The Hall–Kier alpha value is -4.99. The maximum Gasteiger partial charge on any atom is 0.280 e. The average molecular weight is 542 g/mol. The van der Waals surface area contributed by atoms with Crippen molar-refractivity contribution in [2.45, 2.75) is 26.8 Å². The number of aromatic hydroxyl groups is 1. The third-order valence-corrected chi connectivity index (χ3v) is 6.77. The average Bonchev–Trinajstić information content (AvgIpc) is 3.46. The number of aryl methyl sites for hydroxylation is 1. The minimum Gasteiger partial charge on any atom is -0.494 e. The zero-order valence-corrected chi connectivity index (χ0v) is 22.6. The van der Waals surface area contributed by atoms with E-state index >= 15 is 0 Å². The lowest BCUT2D eigenvalue weighted by Crippen LogP contribution is -2.21. The summed E-state index contributed by atoms with van der Waals surface area (Å²) in [6.07, 6.45) is 3.30. The molecule has 0 fully saturated rings. The molecule has 0 saturated carbocycles. The van der Waals surface area contributed by atoms with Gasteiger partial charge in [-0.3, -0.25) is 14.0 Å². The fourth-order valence-electron chi connectivity index (χ4n) is 4.62. The van der Waals surface area contributed by atoms with Crippen LogP contribution in [0.15, 0.2) is 71.8 Å². The Morgan fingerprint density at radius 1 is 1.00 bits per heavy atom. The molecule has 0 unspecified atom stereocenters. The standard InChI is InChI=1S/C30H28FN5O4/c1-5-35-16-14-23(34-35)28-33-29(37)22(30(38)36(28)26-24(39-3)7-6-8-25(26)40-4)17-19-9-11-20(12-10-19)21-13-15-32-27(31)18(21)2/h6-16,38H,5,17H2,1-4H3. The maximum absolute atomic E-state index is 14.0. The van der Waals surface area contributed by atoms with Crippen LogP contribution in [0, 0.1) is 12.9 Å². The van der Waals surface area contributed by atoms with Crippen molar-refractivity contribution in [3.05, 3.63) is 100.0 Å². The number of rotatable bonds is 8. The van der Waals surface area contributed by atoms with Crippen LogP contribution in [-0.2, 0) is 13.0 Å². The first-order valence-electron chi connectivity index (χ1n) is 12.7. The van der Waals surface area contributed by atoms with E-state index in [-0.39, 0.29) is 23.7 Å². The summed E-state index contributed by atoms with van der Waals surface area (Å²) >= 11 is 0. The molecule has 204 valence electrons. The zero-order chi connectivity index (χ0) is 28.4. The van der Waals surface area contributed by atoms with Gasteiger partial charge in [-0.2, -0.15) is 14.5 Å². The molecule has 2 aromatic carbocycles. The summed E-state index contributed by atoms with van der Waals surface area (Å²) in [6, 6.07) is 16.0. The number of nitrogens with zero attached hydrogens (tertiary/aromatic N) is 5. The van der Waals surface area contributed by atoms with Gasteiger partial charge in [0, 0.05) is 30.9 Å². The molecule has 5 aromatic rings. The van der Waals surface area contributed by atoms with E-state index in [1.54, 1.807) is 48.1 Å². The van der Waals surface area contributed by atoms with Crippen molar-refractivity contribution < 1.29 is 19.0 Å². The highest BCUT2D eigenvalue weighted by Gasteiger charge is 2.25. The van der Waals surface area contributed by atoms with E-state index in [1.165, 1.54) is 25.0 Å². The lowest BCUT2D eigenvalue weighted by molar-refractivity contribution is 0.381. The summed E-state index contributed by atoms with van der Waals surface area (Å²) in [5, 5.41) is 16.2. The highest BCUT2D eigenvalue weighted by atomic mass is 19.1. The van der Waals surface area contributed by atoms with Crippen LogP contribution in [0.2, 0.25) is 0 Å². The Kier molecular flexibility index (Phi) is 7.33. The molecule has 3 aromatic heterocycles. The molecule has 0 aliphatic carbocycles. The molecule has 0 saturated heterocycles. The van der Waals surface area contributed by atoms with E-state index in [0.29, 0.717) is 35.0 Å². The largest absolute Gasteiger partial charge is 0.494 e. The van der Waals surface area contributed by atoms with Gasteiger partial charge in [0.2, 0.25) is 11.8 Å². The number of hydrogen-bond acceptors (Lipinski definition) is 7. The first-order chi connectivity index (χ1) is 19.4. The summed E-state index contributed by atoms with van der Waals surface area (Å²) < 4.78 is 28.3. The molecule has 5 rings (SSSR count). The molecule has 0 amide bonds. The topological polar surface area (TPSA) is 104 Å². The van der Waals surface area contributed by atoms with Crippen LogP contribution in [0.1, 0.15) is 23.6 Å². The van der Waals surface area contributed by atoms with E-state index in [1.807, 2.05) is 31.2 Å². The van der Waals surface area contributed by atoms with Crippen molar-refractivity contribution in [3.63, 3.8) is 0 Å². The third kappa shape index (κ3) is 4.79. The second kappa shape index (κ2) is 11.0. The second-order valence-electron chi connectivity index (χ2n) is 9.09. The zero-order valence-electron chi connectivity index (χ0n) is 22.6. The van der Waals surface area contributed by atoms with Crippen LogP contribution in [0.5, 0.6) is 17.4 Å². The van der Waals surface area contributed by atoms with Crippen molar-refractivity contribution >= 4 is 0 Å². The first-order valence-corrected chi connectivity index (χ1v) is 12.7. The van der Waals surface area contributed by atoms with Crippen molar-refractivity contribution in [1.82, 2.24) is 24.3 Å². The fourth-order valence-corrected chi connectivity index (χ4v) is 4.62. The molecular weight excluding hydrogens is 513 g/mol. The van der Waals surface area contributed by atoms with Gasteiger partial charge in [-0.15, -0.1) is 0 Å². The molecule has 0 aliphatic rings. The summed E-state index contributed by atoms with van der Waals surface area (Å²) in [5.41, 5.74) is 3.03. The van der Waals surface area contributed by atoms with Gasteiger partial charge < -0.3 is 14.6 Å². The van der Waals surface area contributed by atoms with E-state index in [2.05, 4.69) is 15.1 Å². The summed E-state index contributed by atoms with van der Waals surface area (Å²) in [5.74, 6) is 0.138. The Morgan fingerprint density at radius 3 is 2.33 bits per heavy atom. The molecule has 40 heavy (non-hydrogen) atoms. The monoisotopic (exact) mass is 541 g/mol. The number of aromatic nitrogens is 5. The second-order valence-corrected chi connectivity index (χ2v) is 9.09. The molecule has 0 atom stereocenters. The van der Waals surface area contributed by atoms with Crippen molar-refractivity contribution in [1.29, 1.82) is 0 Å². The molecule has 0 spiro atoms. The van der Waals surface area contributed by atoms with Gasteiger partial charge in [0.1, 0.15) is 22.9 Å². The van der Waals surface area contributed by atoms with Crippen LogP contribution in [-0.4, -0.2) is 43.6 Å². The van der Waals surface area contributed by atoms with Crippen LogP contribution in [0.4, 0.5) is 4.39 Å². The number of hydrogen-bond donors (Lipinski definition) is 1. The van der Waals surface area contributed by atoms with Crippen molar-refractivity contribution in [3.8, 4) is 45.7 Å². The van der Waals surface area contributed by atoms with Gasteiger partial charge in [-0.05, 0) is 54.8 Å². The van der Waals surface area contributed by atoms with Gasteiger partial charge in [0.15, 0.2) is 5.82 Å². The normalized spacial score (nSPS) is 11.0. The number of para-hydroxylation sites is 1. The molecular formula is C30H28FN5O4. The Labute approximate surface area is 230 Å². The number of pyridine rings is 1. The number of methoxy groups -OCH3 is 2. The van der Waals surface area contributed by atoms with Gasteiger partial charge in [0.25, 0.3) is 5.56 Å². The number of benzene rings is 2. The third-order valence-electron chi connectivity index (χ3n) is 6.77. The molecule has 10 heteroatoms. The maximum atomic E-state index is 14.0. The van der Waals surface area contributed by atoms with Crippen molar-refractivity contribution in [2.75, 3.05) is 14.2 Å². The van der Waals surface area contributed by atoms with Crippen LogP contribution < -0.4 is 15.0 Å². The molecule has 0 aliphatic heterocycles. The molecule has 1 N–H and O–H groups in total. The van der Waals surface area contributed by atoms with Crippen LogP contribution in [0.3, 0.4) is 0 Å². The smallest absolute Gasteiger partial charge is 0.280 e. The highest BCUT2D eigenvalue weighted by molar-refractivity contribution is 5.68. The van der Waals surface area contributed by atoms with Crippen molar-refractivity contribution in [2.24, 2.45) is 0 Å². The van der Waals surface area contributed by atoms with Gasteiger partial charge >= 0.3 is 0 Å².